The van der Waals surface area contributed by atoms with Crippen LogP contribution in [-0.4, -0.2) is 200 Å². The Kier molecular flexibility index (Phi) is 28.2. The summed E-state index contributed by atoms with van der Waals surface area (Å²) in [6, 6.07) is -5.16. The maximum Gasteiger partial charge on any atom is 0.520 e. The highest BCUT2D eigenvalue weighted by atomic mass is 16.4. The SMILES string of the molecule is C[C@@H](CNC(=O)CN1C(=O)N[C@@H](CCC(=O)N=C(N)N)C1=O)C(=O)O.C[C@@H](CNC(=O)CN1C(=O)N[C@@H](CCC(=O)N=C(N)N)C1=O)C(=O)[OH2+].C[C@@H](CNC(=O)CN1C(=O)N[C@@H](CCC(=O)O)C1=O)C(=O)[OH2+].N=C(N)N. The third-order valence-corrected chi connectivity index (χ3v) is 9.81. The maximum atomic E-state index is 12.1. The number of nitrogens with two attached hydrogens (primary N) is 6. The number of guanidine groups is 3. The summed E-state index contributed by atoms with van der Waals surface area (Å²) in [5, 5.41) is 51.1. The van der Waals surface area contributed by atoms with Gasteiger partial charge in [-0.15, -0.1) is 0 Å². The van der Waals surface area contributed by atoms with Crippen molar-refractivity contribution >= 4 is 107 Å². The molecule has 0 aliphatic carbocycles. The normalized spacial score (nSPS) is 17.4. The van der Waals surface area contributed by atoms with Gasteiger partial charge in [0.2, 0.25) is 29.5 Å². The van der Waals surface area contributed by atoms with Gasteiger partial charge in [-0.25, -0.2) is 14.4 Å². The van der Waals surface area contributed by atoms with Gasteiger partial charge in [-0.3, -0.25) is 68.1 Å². The average molecular weight is 1090 g/mol. The van der Waals surface area contributed by atoms with Crippen LogP contribution in [0.25, 0.3) is 0 Å². The molecule has 0 saturated carbocycles. The van der Waals surface area contributed by atoms with Crippen molar-refractivity contribution in [3.8, 4) is 0 Å². The molecule has 0 unspecified atom stereocenters. The van der Waals surface area contributed by atoms with Crippen LogP contribution in [0.4, 0.5) is 14.4 Å². The van der Waals surface area contributed by atoms with E-state index in [2.05, 4.69) is 53.4 Å². The molecule has 0 aromatic heterocycles. The molecule has 0 radical (unpaired) electrons. The second-order valence-electron chi connectivity index (χ2n) is 16.3. The fourth-order valence-electron chi connectivity index (χ4n) is 5.64. The summed E-state index contributed by atoms with van der Waals surface area (Å²) in [4.78, 5) is 180. The molecule has 3 heterocycles. The van der Waals surface area contributed by atoms with Crippen molar-refractivity contribution in [2.24, 2.45) is 62.1 Å². The number of aliphatic carboxylic acids is 2. The molecule has 37 nitrogen and oxygen atoms in total. The summed E-state index contributed by atoms with van der Waals surface area (Å²) in [7, 11) is 0. The fraction of sp³-hybridized carbons (Fsp3) is 0.538. The summed E-state index contributed by atoms with van der Waals surface area (Å²) in [5.74, 6) is -12.4. The van der Waals surface area contributed by atoms with Gasteiger partial charge in [0.1, 0.15) is 49.6 Å². The van der Waals surface area contributed by atoms with Crippen LogP contribution in [0.5, 0.6) is 0 Å². The first-order valence-electron chi connectivity index (χ1n) is 22.1. The van der Waals surface area contributed by atoms with Crippen LogP contribution in [0.3, 0.4) is 0 Å². The van der Waals surface area contributed by atoms with Gasteiger partial charge in [0.05, 0.1) is 5.92 Å². The topological polar surface area (TPSA) is 629 Å². The highest BCUT2D eigenvalue weighted by molar-refractivity contribution is 6.08. The van der Waals surface area contributed by atoms with Crippen molar-refractivity contribution < 1.29 is 92.3 Å². The Morgan fingerprint density at radius 2 is 0.803 bits per heavy atom. The summed E-state index contributed by atoms with van der Waals surface area (Å²) >= 11 is 0. The van der Waals surface area contributed by atoms with E-state index in [9.17, 15) is 71.9 Å². The zero-order valence-electron chi connectivity index (χ0n) is 41.2. The molecular weight excluding hydrogens is 1020 g/mol. The summed E-state index contributed by atoms with van der Waals surface area (Å²) in [6.07, 6.45) is -0.679. The number of imide groups is 3. The molecule has 3 saturated heterocycles. The Morgan fingerprint density at radius 1 is 0.539 bits per heavy atom. The zero-order chi connectivity index (χ0) is 58.7. The number of hydrogen-bond donors (Lipinski definition) is 15. The van der Waals surface area contributed by atoms with E-state index >= 15 is 0 Å². The molecule has 76 heavy (non-hydrogen) atoms. The molecule has 422 valence electrons. The minimum atomic E-state index is -1.09. The molecule has 0 bridgehead atoms. The van der Waals surface area contributed by atoms with Crippen LogP contribution in [0.15, 0.2) is 9.98 Å². The van der Waals surface area contributed by atoms with Gasteiger partial charge in [0, 0.05) is 48.5 Å². The Morgan fingerprint density at radius 3 is 1.04 bits per heavy atom. The molecule has 0 spiro atoms. The largest absolute Gasteiger partial charge is 0.564 e. The summed E-state index contributed by atoms with van der Waals surface area (Å²) in [5.41, 5.74) is 29.2. The van der Waals surface area contributed by atoms with Gasteiger partial charge in [-0.1, -0.05) is 6.92 Å². The van der Waals surface area contributed by atoms with Gasteiger partial charge >= 0.3 is 42.0 Å². The quantitative estimate of drug-likeness (QED) is 0.0185. The number of amides is 14. The Bertz CT molecular complexity index is 2210. The van der Waals surface area contributed by atoms with E-state index in [0.29, 0.717) is 14.7 Å². The number of urea groups is 3. The third kappa shape index (κ3) is 25.6. The van der Waals surface area contributed by atoms with E-state index in [0.717, 1.165) is 0 Å². The lowest BCUT2D eigenvalue weighted by Gasteiger charge is -2.14. The number of carboxylic acids is 2. The first kappa shape index (κ1) is 66.3. The molecule has 3 aliphatic heterocycles. The van der Waals surface area contributed by atoms with Crippen LogP contribution in [0, 0.1) is 23.2 Å². The van der Waals surface area contributed by atoms with Crippen LogP contribution < -0.4 is 66.3 Å². The van der Waals surface area contributed by atoms with Gasteiger partial charge in [-0.05, 0) is 33.1 Å². The highest BCUT2D eigenvalue weighted by Crippen LogP contribution is 2.14. The van der Waals surface area contributed by atoms with Crippen molar-refractivity contribution in [2.45, 2.75) is 77.4 Å². The minimum absolute atomic E-state index is 0.0112. The Balaban J connectivity index is 0.00000107. The average Bonchev–Trinajstić information content (AvgIpc) is 3.85. The number of nitrogens with one attached hydrogen (secondary N) is 7. The monoisotopic (exact) mass is 1090 g/mol. The molecule has 6 atom stereocenters. The summed E-state index contributed by atoms with van der Waals surface area (Å²) in [6.45, 7) is 2.48. The van der Waals surface area contributed by atoms with E-state index in [-0.39, 0.29) is 64.1 Å². The smallest absolute Gasteiger partial charge is 0.520 e. The number of carbonyl (C=O) groups excluding carboxylic acids is 13. The van der Waals surface area contributed by atoms with Crippen molar-refractivity contribution in [1.29, 1.82) is 5.41 Å². The molecular formula is C39H64N18O19+2. The number of rotatable bonds is 24. The predicted octanol–water partition coefficient (Wildman–Crippen LogP) is -9.57. The number of carbonyl (C=O) groups is 15. The molecule has 25 N–H and O–H groups in total. The number of nitrogens with zero attached hydrogens (tertiary/aromatic N) is 5. The maximum absolute atomic E-state index is 12.1. The fourth-order valence-corrected chi connectivity index (χ4v) is 5.64. The van der Waals surface area contributed by atoms with Crippen LogP contribution in [0.2, 0.25) is 0 Å². The molecule has 3 fully saturated rings. The standard InChI is InChI=1S/2C13H20N6O6.C12H17N3O7.CH5N3/c2*1-6(11(23)24)4-16-9(21)5-19-10(22)7(17-13(19)25)2-3-8(20)18-12(14)15;1-6(11(20)21)4-13-8(16)5-15-10(19)7(14-12(15)22)2-3-9(17)18;2-1(3)4/h2*6-7H,2-5H2,1H3,(H,16,21)(H,17,25)(H,23,24)(H4,14,15,18,20);6-7H,2-5H2,1H3,(H,13,16)(H,14,22)(H,17,18)(H,20,21);(H5,2,3,4)/p+2/t3*6-,7-;/m000./s1. The zero-order valence-corrected chi connectivity index (χ0v) is 41.2. The molecule has 3 aliphatic rings. The molecule has 3 rings (SSSR count). The van der Waals surface area contributed by atoms with Gasteiger partial charge in [0.25, 0.3) is 17.7 Å². The Labute approximate surface area is 429 Å². The van der Waals surface area contributed by atoms with Crippen molar-refractivity contribution in [3.05, 3.63) is 0 Å². The van der Waals surface area contributed by atoms with E-state index in [1.807, 2.05) is 0 Å². The first-order valence-corrected chi connectivity index (χ1v) is 22.1. The lowest BCUT2D eigenvalue weighted by atomic mass is 10.1. The van der Waals surface area contributed by atoms with Crippen LogP contribution in [-0.2, 0) is 57.5 Å². The highest BCUT2D eigenvalue weighted by Gasteiger charge is 2.41. The number of carboxylic acid groups (broad SMARTS) is 2. The van der Waals surface area contributed by atoms with Crippen molar-refractivity contribution in [3.63, 3.8) is 0 Å². The lowest BCUT2D eigenvalue weighted by molar-refractivity contribution is -0.142. The molecule has 0 aromatic rings. The second kappa shape index (κ2) is 32.4. The number of hydrogen-bond acceptors (Lipinski definition) is 16. The van der Waals surface area contributed by atoms with Crippen molar-refractivity contribution in [2.75, 3.05) is 39.3 Å². The van der Waals surface area contributed by atoms with Gasteiger partial charge in [0.15, 0.2) is 17.9 Å². The van der Waals surface area contributed by atoms with Gasteiger partial charge in [-0.2, -0.15) is 9.98 Å². The van der Waals surface area contributed by atoms with Crippen molar-refractivity contribution in [1.82, 2.24) is 46.6 Å². The number of aliphatic imine (C=N–C) groups is 2. The van der Waals surface area contributed by atoms with Gasteiger partial charge < -0.3 is 86.7 Å². The Hall–Kier alpha value is -9.74. The molecule has 37 heteroatoms. The van der Waals surface area contributed by atoms with E-state index in [1.54, 1.807) is 0 Å². The van der Waals surface area contributed by atoms with E-state index < -0.39 is 157 Å². The third-order valence-electron chi connectivity index (χ3n) is 9.81. The molecule has 14 amide bonds. The van der Waals surface area contributed by atoms with Crippen LogP contribution in [0.1, 0.15) is 59.3 Å². The summed E-state index contributed by atoms with van der Waals surface area (Å²) < 4.78 is 0. The minimum Gasteiger partial charge on any atom is -0.564 e. The first-order chi connectivity index (χ1) is 35.2. The second-order valence-corrected chi connectivity index (χ2v) is 16.3. The lowest BCUT2D eigenvalue weighted by Crippen LogP contribution is -2.42. The van der Waals surface area contributed by atoms with E-state index in [4.69, 9.17) is 48.8 Å². The predicted molar refractivity (Wildman–Crippen MR) is 257 cm³/mol. The molecule has 0 aromatic carbocycles. The van der Waals surface area contributed by atoms with E-state index in [1.165, 1.54) is 20.8 Å². The van der Waals surface area contributed by atoms with Crippen LogP contribution >= 0.6 is 0 Å².